The van der Waals surface area contributed by atoms with Crippen molar-refractivity contribution in [2.24, 2.45) is 0 Å². The topological polar surface area (TPSA) is 47.0 Å². The number of fused-ring (bicyclic) bond motifs is 3. The molecule has 1 aromatic heterocycles. The van der Waals surface area contributed by atoms with E-state index in [1.807, 2.05) is 0 Å². The summed E-state index contributed by atoms with van der Waals surface area (Å²) >= 11 is 3.22. The first-order valence-electron chi connectivity index (χ1n) is 4.00. The van der Waals surface area contributed by atoms with E-state index in [4.69, 9.17) is 0 Å². The van der Waals surface area contributed by atoms with Gasteiger partial charge in [0.25, 0.3) is 0 Å². The first kappa shape index (κ1) is 10.1. The highest BCUT2D eigenvalue weighted by atomic mass is 79.9. The van der Waals surface area contributed by atoms with E-state index in [0.29, 0.717) is 4.90 Å². The van der Waals surface area contributed by atoms with Gasteiger partial charge in [-0.1, -0.05) is 7.43 Å². The molecule has 0 spiro atoms. The van der Waals surface area contributed by atoms with Gasteiger partial charge in [-0.15, -0.1) is 0 Å². The van der Waals surface area contributed by atoms with Crippen molar-refractivity contribution in [2.75, 3.05) is 0 Å². The van der Waals surface area contributed by atoms with Crippen LogP contribution >= 0.6 is 15.9 Å². The smallest absolute Gasteiger partial charge is 0.183 e. The lowest BCUT2D eigenvalue weighted by Gasteiger charge is -2.01. The molecule has 0 aromatic carbocycles. The van der Waals surface area contributed by atoms with E-state index in [9.17, 15) is 8.42 Å². The van der Waals surface area contributed by atoms with E-state index in [-0.39, 0.29) is 18.6 Å². The second-order valence-corrected chi connectivity index (χ2v) is 6.51. The molecule has 0 bridgehead atoms. The summed E-state index contributed by atoms with van der Waals surface area (Å²) in [7, 11) is -3.03. The number of pyridine rings is 1. The Morgan fingerprint density at radius 1 is 1.50 bits per heavy atom. The van der Waals surface area contributed by atoms with Crippen LogP contribution in [-0.2, 0) is 9.84 Å². The normalized spacial score (nSPS) is 30.1. The average molecular weight is 276 g/mol. The lowest BCUT2D eigenvalue weighted by atomic mass is 10.2. The Morgan fingerprint density at radius 2 is 2.21 bits per heavy atom. The molecule has 3 rings (SSSR count). The monoisotopic (exact) mass is 275 g/mol. The average Bonchev–Trinajstić information content (AvgIpc) is 2.79. The van der Waals surface area contributed by atoms with Crippen LogP contribution in [0.2, 0.25) is 0 Å². The summed E-state index contributed by atoms with van der Waals surface area (Å²) in [4.78, 5) is 4.58. The standard InChI is InChI=1S/C8H6BrNO2S.CH4/c9-4-1-7-8(10-3-4)5-2-6(5)13(7,11)12;/h1,3,5-6H,2H2;1H4. The first-order valence-corrected chi connectivity index (χ1v) is 6.34. The van der Waals surface area contributed by atoms with Crippen LogP contribution in [0.3, 0.4) is 0 Å². The van der Waals surface area contributed by atoms with Gasteiger partial charge in [0.2, 0.25) is 0 Å². The molecule has 0 saturated heterocycles. The van der Waals surface area contributed by atoms with Crippen molar-refractivity contribution in [3.63, 3.8) is 0 Å². The van der Waals surface area contributed by atoms with Gasteiger partial charge in [-0.2, -0.15) is 0 Å². The lowest BCUT2D eigenvalue weighted by Crippen LogP contribution is -2.03. The Balaban J connectivity index is 0.000000750. The SMILES string of the molecule is C.O=S1(=O)c2cc(Br)cnc2C2CC21. The largest absolute Gasteiger partial charge is 0.258 e. The van der Waals surface area contributed by atoms with Gasteiger partial charge in [-0.3, -0.25) is 4.98 Å². The highest BCUT2D eigenvalue weighted by molar-refractivity contribution is 9.10. The zero-order chi connectivity index (χ0) is 9.22. The Hall–Kier alpha value is -0.420. The molecule has 0 radical (unpaired) electrons. The minimum Gasteiger partial charge on any atom is -0.258 e. The van der Waals surface area contributed by atoms with Gasteiger partial charge in [0.15, 0.2) is 9.84 Å². The molecule has 1 fully saturated rings. The Labute approximate surface area is 91.6 Å². The van der Waals surface area contributed by atoms with E-state index >= 15 is 0 Å². The van der Waals surface area contributed by atoms with Gasteiger partial charge in [-0.05, 0) is 28.4 Å². The minimum absolute atomic E-state index is 0. The van der Waals surface area contributed by atoms with Crippen molar-refractivity contribution < 1.29 is 8.42 Å². The Morgan fingerprint density at radius 3 is 2.93 bits per heavy atom. The third-order valence-electron chi connectivity index (χ3n) is 2.64. The molecule has 3 nitrogen and oxygen atoms in total. The molecule has 0 amide bonds. The highest BCUT2D eigenvalue weighted by Crippen LogP contribution is 2.55. The van der Waals surface area contributed by atoms with Crippen molar-refractivity contribution in [3.05, 3.63) is 22.4 Å². The summed E-state index contributed by atoms with van der Waals surface area (Å²) in [6.07, 6.45) is 2.43. The van der Waals surface area contributed by atoms with Crippen LogP contribution in [0.25, 0.3) is 0 Å². The maximum absolute atomic E-state index is 11.7. The zero-order valence-corrected chi connectivity index (χ0v) is 8.97. The predicted molar refractivity (Wildman–Crippen MR) is 57.0 cm³/mol. The molecule has 2 unspecified atom stereocenters. The second kappa shape index (κ2) is 2.79. The molecular formula is C9H10BrNO2S. The van der Waals surface area contributed by atoms with Gasteiger partial charge in [0.05, 0.1) is 15.8 Å². The summed E-state index contributed by atoms with van der Waals surface area (Å²) in [6, 6.07) is 1.66. The molecule has 1 saturated carbocycles. The zero-order valence-electron chi connectivity index (χ0n) is 6.57. The number of aromatic nitrogens is 1. The van der Waals surface area contributed by atoms with Crippen LogP contribution in [0.15, 0.2) is 21.6 Å². The maximum Gasteiger partial charge on any atom is 0.183 e. The molecule has 0 N–H and O–H groups in total. The number of sulfone groups is 1. The van der Waals surface area contributed by atoms with Gasteiger partial charge < -0.3 is 0 Å². The van der Waals surface area contributed by atoms with Crippen molar-refractivity contribution in [2.45, 2.75) is 29.9 Å². The number of rotatable bonds is 0. The van der Waals surface area contributed by atoms with Crippen LogP contribution in [0.4, 0.5) is 0 Å². The van der Waals surface area contributed by atoms with Gasteiger partial charge in [-0.25, -0.2) is 8.42 Å². The first-order chi connectivity index (χ1) is 6.10. The summed E-state index contributed by atoms with van der Waals surface area (Å²) in [5.74, 6) is 0.188. The highest BCUT2D eigenvalue weighted by Gasteiger charge is 2.57. The number of halogens is 1. The van der Waals surface area contributed by atoms with Gasteiger partial charge in [0, 0.05) is 16.6 Å². The molecule has 1 aromatic rings. The molecule has 5 heteroatoms. The fourth-order valence-corrected chi connectivity index (χ4v) is 4.52. The number of nitrogens with zero attached hydrogens (tertiary/aromatic N) is 1. The molecule has 14 heavy (non-hydrogen) atoms. The van der Waals surface area contributed by atoms with E-state index in [1.165, 1.54) is 0 Å². The summed E-state index contributed by atoms with van der Waals surface area (Å²) in [6.45, 7) is 0. The van der Waals surface area contributed by atoms with Crippen molar-refractivity contribution in [1.82, 2.24) is 4.98 Å². The van der Waals surface area contributed by atoms with Crippen molar-refractivity contribution >= 4 is 25.8 Å². The second-order valence-electron chi connectivity index (χ2n) is 3.46. The van der Waals surface area contributed by atoms with E-state index < -0.39 is 9.84 Å². The van der Waals surface area contributed by atoms with Crippen LogP contribution < -0.4 is 0 Å². The summed E-state index contributed by atoms with van der Waals surface area (Å²) in [5.41, 5.74) is 0.771. The molecule has 2 atom stereocenters. The molecule has 1 aliphatic carbocycles. The van der Waals surface area contributed by atoms with Crippen molar-refractivity contribution in [1.29, 1.82) is 0 Å². The van der Waals surface area contributed by atoms with Crippen LogP contribution in [-0.4, -0.2) is 18.7 Å². The minimum atomic E-state index is -3.03. The Bertz CT molecular complexity index is 498. The fraction of sp³-hybridized carbons (Fsp3) is 0.444. The number of hydrogen-bond donors (Lipinski definition) is 0. The predicted octanol–water partition coefficient (Wildman–Crippen LogP) is 2.12. The summed E-state index contributed by atoms with van der Waals surface area (Å²) < 4.78 is 24.2. The van der Waals surface area contributed by atoms with Crippen molar-refractivity contribution in [3.8, 4) is 0 Å². The van der Waals surface area contributed by atoms with Gasteiger partial charge >= 0.3 is 0 Å². The van der Waals surface area contributed by atoms with Crippen LogP contribution in [0.1, 0.15) is 25.5 Å². The lowest BCUT2D eigenvalue weighted by molar-refractivity contribution is 0.596. The molecule has 1 aliphatic heterocycles. The quantitative estimate of drug-likeness (QED) is 0.729. The molecule has 76 valence electrons. The van der Waals surface area contributed by atoms with E-state index in [2.05, 4.69) is 20.9 Å². The number of hydrogen-bond acceptors (Lipinski definition) is 3. The maximum atomic E-state index is 11.7. The third kappa shape index (κ3) is 1.08. The molecular weight excluding hydrogens is 266 g/mol. The summed E-state index contributed by atoms with van der Waals surface area (Å²) in [5, 5.41) is -0.163. The van der Waals surface area contributed by atoms with Gasteiger partial charge in [0.1, 0.15) is 0 Å². The van der Waals surface area contributed by atoms with E-state index in [0.717, 1.165) is 16.6 Å². The third-order valence-corrected chi connectivity index (χ3v) is 5.33. The van der Waals surface area contributed by atoms with Crippen LogP contribution in [0, 0.1) is 0 Å². The van der Waals surface area contributed by atoms with Crippen LogP contribution in [0.5, 0.6) is 0 Å². The fourth-order valence-electron chi connectivity index (χ4n) is 1.90. The molecule has 2 heterocycles. The van der Waals surface area contributed by atoms with E-state index in [1.54, 1.807) is 12.3 Å². The molecule has 2 aliphatic rings. The Kier molecular flexibility index (Phi) is 2.02.